The summed E-state index contributed by atoms with van der Waals surface area (Å²) >= 11 is 0. The highest BCUT2D eigenvalue weighted by Crippen LogP contribution is 2.37. The van der Waals surface area contributed by atoms with E-state index in [-0.39, 0.29) is 0 Å². The highest BCUT2D eigenvalue weighted by Gasteiger charge is 2.15. The molecule has 31 heavy (non-hydrogen) atoms. The molecule has 3 aromatic carbocycles. The molecule has 0 saturated heterocycles. The first-order chi connectivity index (χ1) is 15.0. The van der Waals surface area contributed by atoms with E-state index < -0.39 is 5.91 Å². The molecule has 3 N–H and O–H groups in total. The van der Waals surface area contributed by atoms with Crippen LogP contribution in [0.2, 0.25) is 0 Å². The number of amides is 1. The molecule has 0 aliphatic heterocycles. The number of benzene rings is 3. The van der Waals surface area contributed by atoms with Crippen molar-refractivity contribution >= 4 is 22.8 Å². The number of nitrogens with two attached hydrogens (primary N) is 1. The van der Waals surface area contributed by atoms with Gasteiger partial charge in [-0.05, 0) is 35.4 Å². The van der Waals surface area contributed by atoms with Gasteiger partial charge < -0.3 is 20.5 Å². The summed E-state index contributed by atoms with van der Waals surface area (Å²) in [6, 6.07) is 19.0. The van der Waals surface area contributed by atoms with Crippen LogP contribution in [0.25, 0.3) is 33.3 Å². The minimum atomic E-state index is -0.447. The summed E-state index contributed by atoms with van der Waals surface area (Å²) in [5.41, 5.74) is 10.2. The van der Waals surface area contributed by atoms with E-state index in [1.807, 2.05) is 42.5 Å². The van der Waals surface area contributed by atoms with Gasteiger partial charge >= 0.3 is 0 Å². The number of carbonyl (C=O) groups excluding carboxylic acids is 1. The number of primary amides is 1. The van der Waals surface area contributed by atoms with Gasteiger partial charge in [0, 0.05) is 29.6 Å². The van der Waals surface area contributed by atoms with Crippen LogP contribution in [0.15, 0.2) is 60.7 Å². The normalized spacial score (nSPS) is 10.7. The maximum absolute atomic E-state index is 11.4. The van der Waals surface area contributed by atoms with E-state index >= 15 is 0 Å². The summed E-state index contributed by atoms with van der Waals surface area (Å²) in [7, 11) is 4.97. The van der Waals surface area contributed by atoms with Crippen molar-refractivity contribution in [3.8, 4) is 33.9 Å². The largest absolute Gasteiger partial charge is 0.493 e. The third-order valence-corrected chi connectivity index (χ3v) is 5.06. The minimum absolute atomic E-state index is 0.447. The van der Waals surface area contributed by atoms with Crippen molar-refractivity contribution in [2.24, 2.45) is 5.73 Å². The van der Waals surface area contributed by atoms with Gasteiger partial charge in [-0.15, -0.1) is 0 Å². The van der Waals surface area contributed by atoms with Gasteiger partial charge in [0.05, 0.1) is 25.4 Å². The van der Waals surface area contributed by atoms with Crippen LogP contribution in [0.5, 0.6) is 11.5 Å². The number of nitrogens with zero attached hydrogens (tertiary/aromatic N) is 2. The molecule has 0 unspecified atom stereocenters. The minimum Gasteiger partial charge on any atom is -0.493 e. The predicted octanol–water partition coefficient (Wildman–Crippen LogP) is 4.12. The van der Waals surface area contributed by atoms with E-state index in [1.165, 1.54) is 0 Å². The summed E-state index contributed by atoms with van der Waals surface area (Å²) in [6.07, 6.45) is 0. The second-order valence-electron chi connectivity index (χ2n) is 6.89. The molecule has 0 aliphatic carbocycles. The number of ether oxygens (including phenoxy) is 2. The molecule has 1 amide bonds. The Labute approximate surface area is 179 Å². The Balaban J connectivity index is 1.88. The van der Waals surface area contributed by atoms with Crippen molar-refractivity contribution in [2.45, 2.75) is 0 Å². The molecule has 0 saturated carbocycles. The van der Waals surface area contributed by atoms with E-state index in [0.717, 1.165) is 33.3 Å². The van der Waals surface area contributed by atoms with E-state index in [4.69, 9.17) is 20.2 Å². The number of hydrogen-bond acceptors (Lipinski definition) is 6. The smallest absolute Gasteiger partial charge is 0.248 e. The molecule has 0 bridgehead atoms. The molecular formula is C24H22N4O3. The molecule has 7 nitrogen and oxygen atoms in total. The Kier molecular flexibility index (Phi) is 5.41. The summed E-state index contributed by atoms with van der Waals surface area (Å²) in [5, 5.41) is 3.87. The average Bonchev–Trinajstić information content (AvgIpc) is 2.82. The number of fused-ring (bicyclic) bond motifs is 1. The Morgan fingerprint density at radius 3 is 2.19 bits per heavy atom. The number of methoxy groups -OCH3 is 2. The number of carbonyl (C=O) groups is 1. The SMILES string of the molecule is CNc1nc(-c2cccc(-c3ccc(C(N)=O)cc3)c2)c2cc(OC)c(OC)cc2n1. The zero-order valence-electron chi connectivity index (χ0n) is 17.5. The Hall–Kier alpha value is -4.13. The summed E-state index contributed by atoms with van der Waals surface area (Å²) in [6.45, 7) is 0. The first kappa shape index (κ1) is 20.2. The van der Waals surface area contributed by atoms with Gasteiger partial charge in [-0.2, -0.15) is 0 Å². The number of hydrogen-bond donors (Lipinski definition) is 2. The highest BCUT2D eigenvalue weighted by molar-refractivity contribution is 5.96. The van der Waals surface area contributed by atoms with E-state index in [9.17, 15) is 4.79 Å². The Morgan fingerprint density at radius 1 is 0.871 bits per heavy atom. The number of rotatable bonds is 6. The first-order valence-corrected chi connectivity index (χ1v) is 9.66. The standard InChI is InChI=1S/C24H22N4O3/c1-26-24-27-19-13-21(31-3)20(30-2)12-18(19)22(28-24)17-6-4-5-16(11-17)14-7-9-15(10-8-14)23(25)29/h4-13H,1-3H3,(H2,25,29)(H,26,27,28). The third kappa shape index (κ3) is 3.85. The van der Waals surface area contributed by atoms with Crippen LogP contribution in [0.1, 0.15) is 10.4 Å². The predicted molar refractivity (Wildman–Crippen MR) is 122 cm³/mol. The van der Waals surface area contributed by atoms with Crippen molar-refractivity contribution in [3.63, 3.8) is 0 Å². The van der Waals surface area contributed by atoms with Gasteiger partial charge in [0.15, 0.2) is 11.5 Å². The molecule has 1 heterocycles. The molecule has 0 fully saturated rings. The van der Waals surface area contributed by atoms with Crippen molar-refractivity contribution in [1.82, 2.24) is 9.97 Å². The lowest BCUT2D eigenvalue weighted by Gasteiger charge is -2.13. The van der Waals surface area contributed by atoms with Gasteiger partial charge in [0.1, 0.15) is 0 Å². The van der Waals surface area contributed by atoms with Crippen LogP contribution < -0.4 is 20.5 Å². The summed E-state index contributed by atoms with van der Waals surface area (Å²) < 4.78 is 10.9. The van der Waals surface area contributed by atoms with Crippen LogP contribution in [-0.2, 0) is 0 Å². The second kappa shape index (κ2) is 8.31. The van der Waals surface area contributed by atoms with Gasteiger partial charge in [0.2, 0.25) is 11.9 Å². The summed E-state index contributed by atoms with van der Waals surface area (Å²) in [5.74, 6) is 1.27. The van der Waals surface area contributed by atoms with Crippen molar-refractivity contribution in [2.75, 3.05) is 26.6 Å². The van der Waals surface area contributed by atoms with Gasteiger partial charge in [-0.1, -0.05) is 30.3 Å². The van der Waals surface area contributed by atoms with Gasteiger partial charge in [-0.25, -0.2) is 9.97 Å². The number of nitrogens with one attached hydrogen (secondary N) is 1. The van der Waals surface area contributed by atoms with E-state index in [1.54, 1.807) is 33.4 Å². The third-order valence-electron chi connectivity index (χ3n) is 5.06. The maximum atomic E-state index is 11.4. The van der Waals surface area contributed by atoms with Crippen LogP contribution in [0, 0.1) is 0 Å². The fourth-order valence-electron chi connectivity index (χ4n) is 3.46. The molecule has 0 atom stereocenters. The fraction of sp³-hybridized carbons (Fsp3) is 0.125. The quantitative estimate of drug-likeness (QED) is 0.492. The molecule has 156 valence electrons. The fourth-order valence-corrected chi connectivity index (χ4v) is 3.46. The van der Waals surface area contributed by atoms with Crippen molar-refractivity contribution < 1.29 is 14.3 Å². The lowest BCUT2D eigenvalue weighted by Crippen LogP contribution is -2.10. The number of anilines is 1. The molecular weight excluding hydrogens is 392 g/mol. The van der Waals surface area contributed by atoms with Crippen LogP contribution >= 0.6 is 0 Å². The molecule has 0 spiro atoms. The second-order valence-corrected chi connectivity index (χ2v) is 6.89. The zero-order chi connectivity index (χ0) is 22.0. The van der Waals surface area contributed by atoms with Gasteiger partial charge in [0.25, 0.3) is 0 Å². The lowest BCUT2D eigenvalue weighted by molar-refractivity contribution is 0.100. The van der Waals surface area contributed by atoms with Crippen molar-refractivity contribution in [3.05, 3.63) is 66.2 Å². The Bertz CT molecular complexity index is 1270. The highest BCUT2D eigenvalue weighted by atomic mass is 16.5. The first-order valence-electron chi connectivity index (χ1n) is 9.66. The molecule has 1 aromatic heterocycles. The molecule has 0 radical (unpaired) electrons. The molecule has 7 heteroatoms. The monoisotopic (exact) mass is 414 g/mol. The maximum Gasteiger partial charge on any atom is 0.248 e. The molecule has 4 aromatic rings. The van der Waals surface area contributed by atoms with E-state index in [0.29, 0.717) is 23.0 Å². The summed E-state index contributed by atoms with van der Waals surface area (Å²) in [4.78, 5) is 20.6. The average molecular weight is 414 g/mol. The lowest BCUT2D eigenvalue weighted by atomic mass is 9.99. The van der Waals surface area contributed by atoms with E-state index in [2.05, 4.69) is 16.4 Å². The zero-order valence-corrected chi connectivity index (χ0v) is 17.5. The molecule has 0 aliphatic rings. The van der Waals surface area contributed by atoms with Gasteiger partial charge in [-0.3, -0.25) is 4.79 Å². The van der Waals surface area contributed by atoms with Crippen molar-refractivity contribution in [1.29, 1.82) is 0 Å². The topological polar surface area (TPSA) is 99.4 Å². The number of aromatic nitrogens is 2. The Morgan fingerprint density at radius 2 is 1.55 bits per heavy atom. The van der Waals surface area contributed by atoms with Crippen LogP contribution in [-0.4, -0.2) is 37.1 Å². The van der Waals surface area contributed by atoms with Crippen LogP contribution in [0.3, 0.4) is 0 Å². The molecule has 4 rings (SSSR count). The van der Waals surface area contributed by atoms with Crippen LogP contribution in [0.4, 0.5) is 5.95 Å².